The fourth-order valence-corrected chi connectivity index (χ4v) is 3.08. The zero-order valence-corrected chi connectivity index (χ0v) is 14.7. The molecular weight excluding hydrogens is 328 g/mol. The number of amides is 2. The van der Waals surface area contributed by atoms with Crippen molar-refractivity contribution >= 4 is 29.5 Å². The van der Waals surface area contributed by atoms with E-state index in [0.717, 1.165) is 24.1 Å². The molecule has 3 rings (SSSR count). The number of aryl methyl sites for hydroxylation is 2. The Morgan fingerprint density at radius 1 is 1.00 bits per heavy atom. The molecule has 1 aliphatic carbocycles. The summed E-state index contributed by atoms with van der Waals surface area (Å²) in [5.41, 5.74) is 4.81. The van der Waals surface area contributed by atoms with Gasteiger partial charge < -0.3 is 15.4 Å². The Morgan fingerprint density at radius 3 is 2.58 bits per heavy atom. The predicted octanol–water partition coefficient (Wildman–Crippen LogP) is 4.40. The highest BCUT2D eigenvalue weighted by Gasteiger charge is 2.11. The van der Waals surface area contributed by atoms with Crippen molar-refractivity contribution in [1.82, 2.24) is 0 Å². The number of ether oxygens (including phenoxy) is 1. The highest BCUT2D eigenvalue weighted by molar-refractivity contribution is 6.01. The fraction of sp³-hybridized carbons (Fsp3) is 0.238. The van der Waals surface area contributed by atoms with Crippen LogP contribution in [0.25, 0.3) is 6.08 Å². The molecule has 134 valence electrons. The normalized spacial score (nSPS) is 13.1. The molecule has 0 radical (unpaired) electrons. The van der Waals surface area contributed by atoms with Gasteiger partial charge in [-0.3, -0.25) is 0 Å². The van der Waals surface area contributed by atoms with Gasteiger partial charge in [0.2, 0.25) is 0 Å². The molecule has 2 aromatic rings. The molecule has 0 atom stereocenters. The number of rotatable bonds is 4. The Bertz CT molecular complexity index is 843. The summed E-state index contributed by atoms with van der Waals surface area (Å²) in [5, 5.41) is 5.71. The summed E-state index contributed by atoms with van der Waals surface area (Å²) in [6.07, 6.45) is 7.54. The average Bonchev–Trinajstić information content (AvgIpc) is 2.67. The SMILES string of the molecule is COC(=O)C=Cc1ccccc1NC(=O)Nc1ccc2c(c1)CCCC2. The van der Waals surface area contributed by atoms with Crippen LogP contribution in [0.4, 0.5) is 16.2 Å². The number of carbonyl (C=O) groups is 2. The lowest BCUT2D eigenvalue weighted by molar-refractivity contribution is -0.134. The van der Waals surface area contributed by atoms with Crippen molar-refractivity contribution in [2.75, 3.05) is 17.7 Å². The molecule has 5 heteroatoms. The largest absolute Gasteiger partial charge is 0.466 e. The van der Waals surface area contributed by atoms with E-state index < -0.39 is 5.97 Å². The quantitative estimate of drug-likeness (QED) is 0.634. The van der Waals surface area contributed by atoms with Gasteiger partial charge in [0.05, 0.1) is 7.11 Å². The van der Waals surface area contributed by atoms with E-state index in [2.05, 4.69) is 27.5 Å². The smallest absolute Gasteiger partial charge is 0.330 e. The number of para-hydroxylation sites is 1. The van der Waals surface area contributed by atoms with Gasteiger partial charge in [-0.05, 0) is 66.6 Å². The Kier molecular flexibility index (Phi) is 5.69. The third-order valence-electron chi connectivity index (χ3n) is 4.42. The number of esters is 1. The van der Waals surface area contributed by atoms with Gasteiger partial charge in [0.25, 0.3) is 0 Å². The van der Waals surface area contributed by atoms with Gasteiger partial charge in [-0.15, -0.1) is 0 Å². The topological polar surface area (TPSA) is 67.4 Å². The molecule has 2 N–H and O–H groups in total. The van der Waals surface area contributed by atoms with E-state index in [1.165, 1.54) is 37.2 Å². The summed E-state index contributed by atoms with van der Waals surface area (Å²) in [4.78, 5) is 23.6. The lowest BCUT2D eigenvalue weighted by atomic mass is 9.91. The first-order valence-corrected chi connectivity index (χ1v) is 8.70. The molecule has 0 heterocycles. The standard InChI is InChI=1S/C21H22N2O3/c1-26-20(24)13-11-16-7-4-5-9-19(16)23-21(25)22-18-12-10-15-6-2-3-8-17(15)14-18/h4-5,7,9-14H,2-3,6,8H2,1H3,(H2,22,23,25). The molecule has 0 aromatic heterocycles. The van der Waals surface area contributed by atoms with Crippen LogP contribution in [-0.4, -0.2) is 19.1 Å². The minimum atomic E-state index is -0.446. The van der Waals surface area contributed by atoms with Crippen molar-refractivity contribution in [3.05, 3.63) is 65.2 Å². The van der Waals surface area contributed by atoms with E-state index in [1.54, 1.807) is 12.1 Å². The zero-order chi connectivity index (χ0) is 18.4. The monoisotopic (exact) mass is 350 g/mol. The first kappa shape index (κ1) is 17.7. The maximum absolute atomic E-state index is 12.4. The van der Waals surface area contributed by atoms with Crippen molar-refractivity contribution in [2.24, 2.45) is 0 Å². The average molecular weight is 350 g/mol. The molecule has 26 heavy (non-hydrogen) atoms. The van der Waals surface area contributed by atoms with Crippen LogP contribution < -0.4 is 10.6 Å². The second-order valence-electron chi connectivity index (χ2n) is 6.21. The molecular formula is C21H22N2O3. The van der Waals surface area contributed by atoms with Gasteiger partial charge in [-0.25, -0.2) is 9.59 Å². The second-order valence-corrected chi connectivity index (χ2v) is 6.21. The number of fused-ring (bicyclic) bond motifs is 1. The number of nitrogens with one attached hydrogen (secondary N) is 2. The number of urea groups is 1. The summed E-state index contributed by atoms with van der Waals surface area (Å²) in [5.74, 6) is -0.446. The lowest BCUT2D eigenvalue weighted by Gasteiger charge is -2.17. The number of hydrogen-bond acceptors (Lipinski definition) is 3. The van der Waals surface area contributed by atoms with Crippen molar-refractivity contribution < 1.29 is 14.3 Å². The lowest BCUT2D eigenvalue weighted by Crippen LogP contribution is -2.20. The van der Waals surface area contributed by atoms with E-state index in [9.17, 15) is 9.59 Å². The van der Waals surface area contributed by atoms with Gasteiger partial charge in [0.1, 0.15) is 0 Å². The first-order chi connectivity index (χ1) is 12.7. The molecule has 0 fully saturated rings. The minimum Gasteiger partial charge on any atom is -0.466 e. The Balaban J connectivity index is 1.69. The van der Waals surface area contributed by atoms with Crippen LogP contribution in [0.15, 0.2) is 48.5 Å². The first-order valence-electron chi connectivity index (χ1n) is 8.70. The number of methoxy groups -OCH3 is 1. The Labute approximate surface area is 153 Å². The van der Waals surface area contributed by atoms with Gasteiger partial charge >= 0.3 is 12.0 Å². The maximum Gasteiger partial charge on any atom is 0.330 e. The van der Waals surface area contributed by atoms with Crippen LogP contribution in [0.3, 0.4) is 0 Å². The summed E-state index contributed by atoms with van der Waals surface area (Å²) in [6.45, 7) is 0. The van der Waals surface area contributed by atoms with Gasteiger partial charge in [0, 0.05) is 17.5 Å². The molecule has 1 aliphatic rings. The maximum atomic E-state index is 12.4. The van der Waals surface area contributed by atoms with Crippen molar-refractivity contribution in [1.29, 1.82) is 0 Å². The summed E-state index contributed by atoms with van der Waals surface area (Å²) >= 11 is 0. The fourth-order valence-electron chi connectivity index (χ4n) is 3.08. The molecule has 0 spiro atoms. The van der Waals surface area contributed by atoms with E-state index in [4.69, 9.17) is 0 Å². The Morgan fingerprint density at radius 2 is 1.77 bits per heavy atom. The predicted molar refractivity (Wildman–Crippen MR) is 103 cm³/mol. The van der Waals surface area contributed by atoms with E-state index in [-0.39, 0.29) is 6.03 Å². The number of benzene rings is 2. The second kappa shape index (κ2) is 8.34. The number of anilines is 2. The highest BCUT2D eigenvalue weighted by Crippen LogP contribution is 2.24. The van der Waals surface area contributed by atoms with Crippen LogP contribution in [-0.2, 0) is 22.4 Å². The van der Waals surface area contributed by atoms with Gasteiger partial charge in [-0.2, -0.15) is 0 Å². The van der Waals surface area contributed by atoms with Gasteiger partial charge in [-0.1, -0.05) is 24.3 Å². The molecule has 2 aromatic carbocycles. The number of carbonyl (C=O) groups excluding carboxylic acids is 2. The van der Waals surface area contributed by atoms with Crippen LogP contribution in [0.2, 0.25) is 0 Å². The van der Waals surface area contributed by atoms with Crippen LogP contribution in [0, 0.1) is 0 Å². The number of hydrogen-bond donors (Lipinski definition) is 2. The molecule has 0 aliphatic heterocycles. The minimum absolute atomic E-state index is 0.320. The third-order valence-corrected chi connectivity index (χ3v) is 4.42. The Hall–Kier alpha value is -3.08. The van der Waals surface area contributed by atoms with Gasteiger partial charge in [0.15, 0.2) is 0 Å². The third kappa shape index (κ3) is 4.51. The van der Waals surface area contributed by atoms with E-state index in [1.807, 2.05) is 24.3 Å². The van der Waals surface area contributed by atoms with Crippen molar-refractivity contribution in [3.8, 4) is 0 Å². The van der Waals surface area contributed by atoms with Crippen molar-refractivity contribution in [2.45, 2.75) is 25.7 Å². The van der Waals surface area contributed by atoms with E-state index in [0.29, 0.717) is 5.69 Å². The summed E-state index contributed by atoms with van der Waals surface area (Å²) in [7, 11) is 1.32. The summed E-state index contributed by atoms with van der Waals surface area (Å²) < 4.78 is 4.59. The highest BCUT2D eigenvalue weighted by atomic mass is 16.5. The van der Waals surface area contributed by atoms with E-state index >= 15 is 0 Å². The molecule has 0 saturated heterocycles. The molecule has 0 saturated carbocycles. The van der Waals surface area contributed by atoms with Crippen LogP contribution >= 0.6 is 0 Å². The molecule has 5 nitrogen and oxygen atoms in total. The van der Waals surface area contributed by atoms with Crippen LogP contribution in [0.1, 0.15) is 29.5 Å². The molecule has 0 bridgehead atoms. The summed E-state index contributed by atoms with van der Waals surface area (Å²) in [6, 6.07) is 13.0. The molecule has 0 unspecified atom stereocenters. The zero-order valence-electron chi connectivity index (χ0n) is 14.7. The molecule has 2 amide bonds. The van der Waals surface area contributed by atoms with Crippen LogP contribution in [0.5, 0.6) is 0 Å². The van der Waals surface area contributed by atoms with Crippen molar-refractivity contribution in [3.63, 3.8) is 0 Å².